The van der Waals surface area contributed by atoms with Crippen LogP contribution in [0.1, 0.15) is 99.3 Å². The van der Waals surface area contributed by atoms with E-state index >= 15 is 0 Å². The number of nitrogens with one attached hydrogen (secondary N) is 2. The Morgan fingerprint density at radius 1 is 1.04 bits per heavy atom. The summed E-state index contributed by atoms with van der Waals surface area (Å²) >= 11 is 0. The van der Waals surface area contributed by atoms with Crippen LogP contribution in [-0.2, 0) is 23.9 Å². The minimum atomic E-state index is -0.828. The van der Waals surface area contributed by atoms with E-state index in [1.807, 2.05) is 7.11 Å². The number of hydroxylamine groups is 2. The van der Waals surface area contributed by atoms with Gasteiger partial charge in [0.1, 0.15) is 12.1 Å². The van der Waals surface area contributed by atoms with Crippen molar-refractivity contribution in [2.45, 2.75) is 142 Å². The Bertz CT molecular complexity index is 1240. The monoisotopic (exact) mass is 747 g/mol. The normalized spacial score (nSPS) is 42.2. The van der Waals surface area contributed by atoms with Crippen molar-refractivity contribution in [1.82, 2.24) is 20.6 Å². The number of ether oxygens (including phenoxy) is 2. The summed E-state index contributed by atoms with van der Waals surface area (Å²) in [6, 6.07) is -0.511. The molecule has 2 aliphatic heterocycles. The van der Waals surface area contributed by atoms with Gasteiger partial charge < -0.3 is 35.2 Å². The third-order valence-corrected chi connectivity index (χ3v) is 15.2. The first-order valence-electron chi connectivity index (χ1n) is 21.3. The van der Waals surface area contributed by atoms with Crippen molar-refractivity contribution in [2.75, 3.05) is 47.5 Å². The molecule has 2 saturated heterocycles. The fourth-order valence-corrected chi connectivity index (χ4v) is 12.5. The zero-order valence-corrected chi connectivity index (χ0v) is 34.3. The molecule has 53 heavy (non-hydrogen) atoms. The second-order valence-corrected chi connectivity index (χ2v) is 19.6. The van der Waals surface area contributed by atoms with Crippen LogP contribution in [0.5, 0.6) is 0 Å². The first-order valence-corrected chi connectivity index (χ1v) is 21.3. The summed E-state index contributed by atoms with van der Waals surface area (Å²) in [5.41, 5.74) is 0.316. The highest BCUT2D eigenvalue weighted by molar-refractivity contribution is 5.83. The summed E-state index contributed by atoms with van der Waals surface area (Å²) in [5, 5.41) is 30.1. The van der Waals surface area contributed by atoms with Crippen molar-refractivity contribution in [1.29, 1.82) is 0 Å². The van der Waals surface area contributed by atoms with Gasteiger partial charge in [0.25, 0.3) is 0 Å². The topological polar surface area (TPSA) is 133 Å². The Hall–Kier alpha value is -1.34. The second-order valence-electron chi connectivity index (χ2n) is 19.6. The van der Waals surface area contributed by atoms with Crippen LogP contribution in [0.4, 0.5) is 0 Å². The Morgan fingerprint density at radius 3 is 2.42 bits per heavy atom. The highest BCUT2D eigenvalue weighted by Crippen LogP contribution is 2.61. The minimum Gasteiger partial charge on any atom is -0.394 e. The molecule has 304 valence electrons. The van der Waals surface area contributed by atoms with Crippen LogP contribution in [-0.4, -0.2) is 122 Å². The van der Waals surface area contributed by atoms with Crippen LogP contribution in [0.25, 0.3) is 0 Å². The van der Waals surface area contributed by atoms with Gasteiger partial charge in [-0.25, -0.2) is 0 Å². The summed E-state index contributed by atoms with van der Waals surface area (Å²) in [7, 11) is 5.93. The second kappa shape index (κ2) is 17.0. The lowest BCUT2D eigenvalue weighted by Gasteiger charge is -2.62. The van der Waals surface area contributed by atoms with Crippen LogP contribution in [0.15, 0.2) is 0 Å². The molecule has 0 aromatic rings. The summed E-state index contributed by atoms with van der Waals surface area (Å²) in [4.78, 5) is 37.0. The summed E-state index contributed by atoms with van der Waals surface area (Å²) < 4.78 is 12.7. The lowest BCUT2D eigenvalue weighted by Crippen LogP contribution is -2.62. The molecular weight excluding hydrogens is 672 g/mol. The van der Waals surface area contributed by atoms with Crippen molar-refractivity contribution in [3.8, 4) is 0 Å². The standard InChI is InChI=1S/C42H74N4O7/c1-23(2)15-30(21-45(7)8)43-40(49)32-17-28(16-26-13-14-52-39(26)32)31-12-10-11-27(38(31)51-9)20-46-37(36(25(4)48)35(22-47)53-46)41(50)44-34-19-29-18-33(24(34)3)42(29,5)6/h23-39,47-48H,10-22H2,1-9H3,(H,43,49)(H,44,50)/t24-,25-,26?,27?,28?,29+,30-,31?,32?,33-,34+,35-,36+,37-,38?,39?/m0/s1. The van der Waals surface area contributed by atoms with Gasteiger partial charge in [-0.2, -0.15) is 5.06 Å². The van der Waals surface area contributed by atoms with Crippen molar-refractivity contribution < 1.29 is 34.1 Å². The largest absolute Gasteiger partial charge is 0.394 e. The third kappa shape index (κ3) is 8.52. The molecule has 5 aliphatic carbocycles. The molecule has 11 nitrogen and oxygen atoms in total. The van der Waals surface area contributed by atoms with Gasteiger partial charge in [0, 0.05) is 50.7 Å². The van der Waals surface area contributed by atoms with E-state index < -0.39 is 24.2 Å². The number of fused-ring (bicyclic) bond motifs is 3. The molecule has 11 heteroatoms. The van der Waals surface area contributed by atoms with E-state index in [0.717, 1.165) is 57.9 Å². The molecule has 0 aromatic carbocycles. The zero-order valence-electron chi connectivity index (χ0n) is 34.3. The predicted molar refractivity (Wildman–Crippen MR) is 204 cm³/mol. The maximum atomic E-state index is 14.3. The van der Waals surface area contributed by atoms with Crippen LogP contribution >= 0.6 is 0 Å². The molecule has 2 amide bonds. The number of carbonyl (C=O) groups is 2. The maximum Gasteiger partial charge on any atom is 0.240 e. The van der Waals surface area contributed by atoms with E-state index in [1.54, 1.807) is 12.0 Å². The molecule has 0 radical (unpaired) electrons. The molecule has 7 rings (SSSR count). The number of likely N-dealkylation sites (N-methyl/N-ethyl adjacent to an activating group) is 1. The van der Waals surface area contributed by atoms with E-state index in [0.29, 0.717) is 54.1 Å². The lowest BCUT2D eigenvalue weighted by molar-refractivity contribution is -0.193. The molecule has 0 aromatic heterocycles. The molecule has 2 bridgehead atoms. The molecule has 7 fully saturated rings. The van der Waals surface area contributed by atoms with Gasteiger partial charge in [0.2, 0.25) is 11.8 Å². The van der Waals surface area contributed by atoms with Gasteiger partial charge >= 0.3 is 0 Å². The van der Waals surface area contributed by atoms with Gasteiger partial charge in [-0.05, 0) is 119 Å². The SMILES string of the molecule is COC1C(CN2O[C@@H](CO)[C@@H]([C@H](C)O)[C@H]2C(=O)N[C@@H]2C[C@H]3C[C@@H]([C@@H]2C)C3(C)C)CCCC1C1CC2CCOC2C(C(=O)N[C@@H](CC(C)C)CN(C)C)C1. The summed E-state index contributed by atoms with van der Waals surface area (Å²) in [5.74, 6) is 2.44. The molecule has 4 N–H and O–H groups in total. The van der Waals surface area contributed by atoms with Crippen LogP contribution in [0.2, 0.25) is 0 Å². The molecule has 0 spiro atoms. The quantitative estimate of drug-likeness (QED) is 0.208. The number of aliphatic hydroxyl groups excluding tert-OH is 2. The average molecular weight is 747 g/mol. The minimum absolute atomic E-state index is 0.0281. The molecular formula is C42H74N4O7. The van der Waals surface area contributed by atoms with Crippen molar-refractivity contribution in [3.63, 3.8) is 0 Å². The van der Waals surface area contributed by atoms with E-state index in [1.165, 1.54) is 6.42 Å². The van der Waals surface area contributed by atoms with Crippen LogP contribution in [0, 0.1) is 64.6 Å². The molecule has 16 atom stereocenters. The third-order valence-electron chi connectivity index (χ3n) is 15.2. The number of carbonyl (C=O) groups excluding carboxylic acids is 2. The zero-order chi connectivity index (χ0) is 38.4. The summed E-state index contributed by atoms with van der Waals surface area (Å²) in [6.45, 7) is 14.9. The molecule has 2 heterocycles. The number of amides is 2. The maximum absolute atomic E-state index is 14.3. The van der Waals surface area contributed by atoms with E-state index in [4.69, 9.17) is 14.3 Å². The fourth-order valence-electron chi connectivity index (χ4n) is 12.5. The number of methoxy groups -OCH3 is 1. The number of rotatable bonds is 14. The molecule has 7 unspecified atom stereocenters. The Morgan fingerprint density at radius 2 is 1.79 bits per heavy atom. The van der Waals surface area contributed by atoms with Crippen molar-refractivity contribution in [2.24, 2.45) is 64.6 Å². The van der Waals surface area contributed by atoms with Gasteiger partial charge in [-0.1, -0.05) is 41.0 Å². The van der Waals surface area contributed by atoms with Crippen molar-refractivity contribution >= 4 is 11.8 Å². The fraction of sp³-hybridized carbons (Fsp3) is 0.952. The van der Waals surface area contributed by atoms with Gasteiger partial charge in [0.05, 0.1) is 30.8 Å². The highest BCUT2D eigenvalue weighted by Gasteiger charge is 2.58. The lowest BCUT2D eigenvalue weighted by atomic mass is 9.45. The Kier molecular flexibility index (Phi) is 13.3. The molecule has 7 aliphatic rings. The number of aliphatic hydroxyl groups is 2. The Balaban J connectivity index is 1.17. The van der Waals surface area contributed by atoms with Gasteiger partial charge in [-0.15, -0.1) is 0 Å². The number of hydrogen-bond donors (Lipinski definition) is 4. The number of hydrogen-bond acceptors (Lipinski definition) is 9. The van der Waals surface area contributed by atoms with Crippen LogP contribution in [0.3, 0.4) is 0 Å². The van der Waals surface area contributed by atoms with E-state index in [2.05, 4.69) is 64.2 Å². The first kappa shape index (κ1) is 41.3. The van der Waals surface area contributed by atoms with E-state index in [-0.39, 0.29) is 60.5 Å². The van der Waals surface area contributed by atoms with Gasteiger partial charge in [0.15, 0.2) is 0 Å². The van der Waals surface area contributed by atoms with Crippen LogP contribution < -0.4 is 10.6 Å². The summed E-state index contributed by atoms with van der Waals surface area (Å²) in [6.07, 6.45) is 7.43. The number of nitrogens with zero attached hydrogens (tertiary/aromatic N) is 2. The predicted octanol–water partition coefficient (Wildman–Crippen LogP) is 4.10. The Labute approximate surface area is 319 Å². The average Bonchev–Trinajstić information content (AvgIpc) is 3.72. The van der Waals surface area contributed by atoms with E-state index in [9.17, 15) is 19.8 Å². The van der Waals surface area contributed by atoms with Crippen molar-refractivity contribution in [3.05, 3.63) is 0 Å². The van der Waals surface area contributed by atoms with Gasteiger partial charge in [-0.3, -0.25) is 14.4 Å². The smallest absolute Gasteiger partial charge is 0.240 e. The molecule has 5 saturated carbocycles. The first-order chi connectivity index (χ1) is 25.1. The highest BCUT2D eigenvalue weighted by atomic mass is 16.7.